The maximum Gasteiger partial charge on any atom is 0.328 e. The van der Waals surface area contributed by atoms with Gasteiger partial charge in [-0.25, -0.2) is 4.79 Å². The first kappa shape index (κ1) is 15.6. The van der Waals surface area contributed by atoms with Crippen LogP contribution in [0.25, 0.3) is 6.08 Å². The van der Waals surface area contributed by atoms with E-state index in [2.05, 4.69) is 24.8 Å². The van der Waals surface area contributed by atoms with E-state index in [-0.39, 0.29) is 5.60 Å². The van der Waals surface area contributed by atoms with E-state index in [1.807, 2.05) is 12.1 Å². The van der Waals surface area contributed by atoms with Crippen molar-refractivity contribution in [3.8, 4) is 0 Å². The summed E-state index contributed by atoms with van der Waals surface area (Å²) in [5.74, 6) is -0.927. The number of aliphatic carboxylic acids is 1. The van der Waals surface area contributed by atoms with E-state index in [1.54, 1.807) is 13.2 Å². The highest BCUT2D eigenvalue weighted by molar-refractivity contribution is 5.85. The second-order valence-electron chi connectivity index (χ2n) is 5.90. The Bertz CT molecular complexity index is 553. The van der Waals surface area contributed by atoms with Crippen molar-refractivity contribution < 1.29 is 14.6 Å². The predicted molar refractivity (Wildman–Crippen MR) is 84.7 cm³/mol. The Morgan fingerprint density at radius 1 is 1.48 bits per heavy atom. The Labute approximate surface area is 126 Å². The van der Waals surface area contributed by atoms with E-state index in [0.29, 0.717) is 0 Å². The molecule has 4 nitrogen and oxygen atoms in total. The highest BCUT2D eigenvalue weighted by Gasteiger charge is 2.31. The van der Waals surface area contributed by atoms with Gasteiger partial charge in [0.15, 0.2) is 0 Å². The molecule has 1 atom stereocenters. The minimum atomic E-state index is -0.927. The lowest BCUT2D eigenvalue weighted by Gasteiger charge is -2.41. The molecule has 1 aliphatic rings. The molecule has 0 amide bonds. The quantitative estimate of drug-likeness (QED) is 0.865. The topological polar surface area (TPSA) is 49.8 Å². The van der Waals surface area contributed by atoms with E-state index in [9.17, 15) is 4.79 Å². The van der Waals surface area contributed by atoms with Gasteiger partial charge in [0, 0.05) is 32.0 Å². The summed E-state index contributed by atoms with van der Waals surface area (Å²) in [5, 5.41) is 8.68. The third kappa shape index (κ3) is 3.85. The number of hydrogen-bond donors (Lipinski definition) is 1. The van der Waals surface area contributed by atoms with Crippen molar-refractivity contribution in [3.63, 3.8) is 0 Å². The van der Waals surface area contributed by atoms with Gasteiger partial charge in [-0.3, -0.25) is 0 Å². The third-order valence-electron chi connectivity index (χ3n) is 4.13. The molecule has 0 bridgehead atoms. The summed E-state index contributed by atoms with van der Waals surface area (Å²) in [4.78, 5) is 12.9. The number of anilines is 1. The molecule has 0 aliphatic carbocycles. The van der Waals surface area contributed by atoms with Crippen LogP contribution in [0.3, 0.4) is 0 Å². The molecule has 1 saturated heterocycles. The van der Waals surface area contributed by atoms with Gasteiger partial charge in [0.1, 0.15) is 0 Å². The largest absolute Gasteiger partial charge is 0.478 e. The molecule has 0 spiro atoms. The number of piperidine rings is 1. The number of aryl methyl sites for hydroxylation is 1. The van der Waals surface area contributed by atoms with E-state index in [4.69, 9.17) is 9.84 Å². The molecule has 1 heterocycles. The predicted octanol–water partition coefficient (Wildman–Crippen LogP) is 3.10. The van der Waals surface area contributed by atoms with Crippen molar-refractivity contribution in [2.45, 2.75) is 32.3 Å². The second-order valence-corrected chi connectivity index (χ2v) is 5.90. The summed E-state index contributed by atoms with van der Waals surface area (Å²) in [7, 11) is 1.77. The number of carboxylic acid groups (broad SMARTS) is 1. The first-order chi connectivity index (χ1) is 9.93. The molecule has 1 aromatic carbocycles. The molecule has 0 radical (unpaired) electrons. The molecular formula is C17H23NO3. The fourth-order valence-electron chi connectivity index (χ4n) is 2.88. The van der Waals surface area contributed by atoms with Crippen LogP contribution in [0.15, 0.2) is 24.3 Å². The molecule has 0 aromatic heterocycles. The normalized spacial score (nSPS) is 22.7. The average molecular weight is 289 g/mol. The van der Waals surface area contributed by atoms with Gasteiger partial charge in [-0.05, 0) is 56.0 Å². The summed E-state index contributed by atoms with van der Waals surface area (Å²) >= 11 is 0. The number of nitrogens with zero attached hydrogens (tertiary/aromatic N) is 1. The molecule has 1 aliphatic heterocycles. The maximum atomic E-state index is 10.6. The van der Waals surface area contributed by atoms with Crippen LogP contribution in [0.2, 0.25) is 0 Å². The van der Waals surface area contributed by atoms with Crippen molar-refractivity contribution in [2.24, 2.45) is 0 Å². The number of ether oxygens (including phenoxy) is 1. The fraction of sp³-hybridized carbons (Fsp3) is 0.471. The Hall–Kier alpha value is -1.81. The zero-order valence-corrected chi connectivity index (χ0v) is 12.9. The van der Waals surface area contributed by atoms with Crippen LogP contribution < -0.4 is 4.90 Å². The molecule has 4 heteroatoms. The van der Waals surface area contributed by atoms with Gasteiger partial charge in [-0.2, -0.15) is 0 Å². The lowest BCUT2D eigenvalue weighted by Crippen LogP contribution is -2.47. The molecular weight excluding hydrogens is 266 g/mol. The minimum Gasteiger partial charge on any atom is -0.478 e. The van der Waals surface area contributed by atoms with Gasteiger partial charge in [-0.1, -0.05) is 6.07 Å². The van der Waals surface area contributed by atoms with Gasteiger partial charge in [-0.15, -0.1) is 0 Å². The van der Waals surface area contributed by atoms with Crippen molar-refractivity contribution in [1.82, 2.24) is 0 Å². The lowest BCUT2D eigenvalue weighted by molar-refractivity contribution is -0.131. The smallest absolute Gasteiger partial charge is 0.328 e. The molecule has 1 unspecified atom stereocenters. The zero-order valence-electron chi connectivity index (χ0n) is 12.9. The van der Waals surface area contributed by atoms with E-state index < -0.39 is 5.97 Å². The molecule has 1 aromatic rings. The van der Waals surface area contributed by atoms with Gasteiger partial charge < -0.3 is 14.7 Å². The van der Waals surface area contributed by atoms with Crippen LogP contribution in [0.1, 0.15) is 30.9 Å². The summed E-state index contributed by atoms with van der Waals surface area (Å²) < 4.78 is 5.64. The Kier molecular flexibility index (Phi) is 4.68. The van der Waals surface area contributed by atoms with Crippen LogP contribution in [-0.4, -0.2) is 36.9 Å². The van der Waals surface area contributed by atoms with Crippen LogP contribution in [0, 0.1) is 6.92 Å². The van der Waals surface area contributed by atoms with Crippen molar-refractivity contribution >= 4 is 17.7 Å². The number of carboxylic acids is 1. The number of rotatable bonds is 4. The number of hydrogen-bond acceptors (Lipinski definition) is 3. The monoisotopic (exact) mass is 289 g/mol. The first-order valence-electron chi connectivity index (χ1n) is 7.25. The molecule has 21 heavy (non-hydrogen) atoms. The molecule has 2 rings (SSSR count). The van der Waals surface area contributed by atoms with Gasteiger partial charge in [0.05, 0.1) is 5.60 Å². The third-order valence-corrected chi connectivity index (χ3v) is 4.13. The van der Waals surface area contributed by atoms with Crippen LogP contribution >= 0.6 is 0 Å². The second kappa shape index (κ2) is 6.31. The van der Waals surface area contributed by atoms with Gasteiger partial charge >= 0.3 is 5.97 Å². The number of carbonyl (C=O) groups is 1. The Balaban J connectivity index is 2.19. The van der Waals surface area contributed by atoms with Crippen LogP contribution in [-0.2, 0) is 9.53 Å². The molecule has 1 N–H and O–H groups in total. The Morgan fingerprint density at radius 3 is 2.86 bits per heavy atom. The fourth-order valence-corrected chi connectivity index (χ4v) is 2.88. The van der Waals surface area contributed by atoms with Crippen LogP contribution in [0.5, 0.6) is 0 Å². The Morgan fingerprint density at radius 2 is 2.24 bits per heavy atom. The summed E-state index contributed by atoms with van der Waals surface area (Å²) in [6.45, 7) is 6.13. The van der Waals surface area contributed by atoms with Crippen molar-refractivity contribution in [3.05, 3.63) is 35.4 Å². The zero-order chi connectivity index (χ0) is 15.5. The minimum absolute atomic E-state index is 0.0907. The number of methoxy groups -OCH3 is 1. The standard InChI is InChI=1S/C17H23NO3/c1-13-11-14(6-8-16(19)20)5-7-15(13)18-10-4-9-17(2,12-18)21-3/h5-8,11H,4,9-10,12H2,1-3H3,(H,19,20)/b8-6+. The highest BCUT2D eigenvalue weighted by atomic mass is 16.5. The lowest BCUT2D eigenvalue weighted by atomic mass is 9.93. The first-order valence-corrected chi connectivity index (χ1v) is 7.25. The maximum absolute atomic E-state index is 10.6. The van der Waals surface area contributed by atoms with E-state index in [1.165, 1.54) is 5.69 Å². The number of benzene rings is 1. The highest BCUT2D eigenvalue weighted by Crippen LogP contribution is 2.30. The molecule has 114 valence electrons. The van der Waals surface area contributed by atoms with Gasteiger partial charge in [0.2, 0.25) is 0 Å². The SMILES string of the molecule is COC1(C)CCCN(c2ccc(/C=C/C(=O)O)cc2C)C1. The van der Waals surface area contributed by atoms with Crippen molar-refractivity contribution in [1.29, 1.82) is 0 Å². The summed E-state index contributed by atoms with van der Waals surface area (Å²) in [6.07, 6.45) is 4.98. The summed E-state index contributed by atoms with van der Waals surface area (Å²) in [6, 6.07) is 6.05. The van der Waals surface area contributed by atoms with Crippen molar-refractivity contribution in [2.75, 3.05) is 25.1 Å². The van der Waals surface area contributed by atoms with Gasteiger partial charge in [0.25, 0.3) is 0 Å². The van der Waals surface area contributed by atoms with Crippen LogP contribution in [0.4, 0.5) is 5.69 Å². The van der Waals surface area contributed by atoms with E-state index in [0.717, 1.165) is 43.1 Å². The molecule has 1 fully saturated rings. The summed E-state index contributed by atoms with van der Waals surface area (Å²) in [5.41, 5.74) is 3.17. The average Bonchev–Trinajstić information content (AvgIpc) is 2.45. The van der Waals surface area contributed by atoms with E-state index >= 15 is 0 Å². The molecule has 0 saturated carbocycles.